The van der Waals surface area contributed by atoms with Crippen LogP contribution in [0.2, 0.25) is 0 Å². The zero-order valence-electron chi connectivity index (χ0n) is 14.8. The van der Waals surface area contributed by atoms with Gasteiger partial charge in [0, 0.05) is 5.70 Å². The van der Waals surface area contributed by atoms with E-state index >= 15 is 0 Å². The van der Waals surface area contributed by atoms with Gasteiger partial charge >= 0.3 is 5.97 Å². The van der Waals surface area contributed by atoms with Crippen LogP contribution in [0.1, 0.15) is 42.0 Å². The van der Waals surface area contributed by atoms with E-state index in [-0.39, 0.29) is 12.4 Å². The maximum atomic E-state index is 12.6. The molecule has 0 spiro atoms. The normalized spacial score (nSPS) is 17.4. The molecule has 0 unspecified atom stereocenters. The molecule has 126 valence electrons. The van der Waals surface area contributed by atoms with Gasteiger partial charge in [-0.15, -0.1) is 0 Å². The lowest BCUT2D eigenvalue weighted by Crippen LogP contribution is -2.33. The van der Waals surface area contributed by atoms with Crippen molar-refractivity contribution in [2.45, 2.75) is 40.5 Å². The van der Waals surface area contributed by atoms with Crippen LogP contribution in [0.3, 0.4) is 0 Å². The van der Waals surface area contributed by atoms with Crippen LogP contribution in [0.5, 0.6) is 0 Å². The van der Waals surface area contributed by atoms with Gasteiger partial charge < -0.3 is 15.8 Å². The molecule has 24 heavy (non-hydrogen) atoms. The van der Waals surface area contributed by atoms with E-state index in [1.54, 1.807) is 13.8 Å². The molecule has 0 bridgehead atoms. The molecule has 3 N–H and O–H groups in total. The number of carbonyl (C=O) groups is 1. The second-order valence-corrected chi connectivity index (χ2v) is 6.07. The number of nitrogens with one attached hydrogen (secondary N) is 1. The standard InChI is InChI=1S/C19H23N3O2/c1-6-24-19(23)16-13(5)22-18(21)14(9-20)17(16)15-11(3)7-10(2)8-12(15)4/h7-8,17,22H,6,21H2,1-5H3/t17-/m1/s1. The lowest BCUT2D eigenvalue weighted by molar-refractivity contribution is -0.138. The zero-order valence-corrected chi connectivity index (χ0v) is 14.8. The number of hydrogen-bond acceptors (Lipinski definition) is 5. The van der Waals surface area contributed by atoms with Crippen molar-refractivity contribution in [1.29, 1.82) is 5.26 Å². The number of nitrogens with two attached hydrogens (primary N) is 1. The first-order valence-corrected chi connectivity index (χ1v) is 7.94. The summed E-state index contributed by atoms with van der Waals surface area (Å²) in [6, 6.07) is 6.27. The molecule has 1 aliphatic rings. The number of benzene rings is 1. The van der Waals surface area contributed by atoms with Gasteiger partial charge in [-0.25, -0.2) is 4.79 Å². The summed E-state index contributed by atoms with van der Waals surface area (Å²) in [6.07, 6.45) is 0. The molecule has 1 aliphatic heterocycles. The molecule has 0 saturated heterocycles. The van der Waals surface area contributed by atoms with Crippen molar-refractivity contribution in [2.24, 2.45) is 5.73 Å². The quantitative estimate of drug-likeness (QED) is 0.834. The lowest BCUT2D eigenvalue weighted by Gasteiger charge is -2.30. The molecule has 5 nitrogen and oxygen atoms in total. The third-order valence-corrected chi connectivity index (χ3v) is 4.24. The highest BCUT2D eigenvalue weighted by Crippen LogP contribution is 2.40. The van der Waals surface area contributed by atoms with Crippen molar-refractivity contribution in [3.63, 3.8) is 0 Å². The Morgan fingerprint density at radius 2 is 1.88 bits per heavy atom. The molecular weight excluding hydrogens is 302 g/mol. The van der Waals surface area contributed by atoms with E-state index in [2.05, 4.69) is 11.4 Å². The fourth-order valence-electron chi connectivity index (χ4n) is 3.39. The predicted octanol–water partition coefficient (Wildman–Crippen LogP) is 2.83. The second kappa shape index (κ2) is 6.79. The van der Waals surface area contributed by atoms with Crippen molar-refractivity contribution >= 4 is 5.97 Å². The van der Waals surface area contributed by atoms with E-state index in [1.165, 1.54) is 0 Å². The Kier molecular flexibility index (Phi) is 4.99. The van der Waals surface area contributed by atoms with Crippen molar-refractivity contribution in [3.05, 3.63) is 57.1 Å². The minimum atomic E-state index is -0.518. The van der Waals surface area contributed by atoms with Crippen LogP contribution < -0.4 is 11.1 Å². The lowest BCUT2D eigenvalue weighted by atomic mass is 9.78. The number of rotatable bonds is 3. The van der Waals surface area contributed by atoms with Gasteiger partial charge in [-0.1, -0.05) is 17.7 Å². The molecule has 1 atom stereocenters. The number of carbonyl (C=O) groups excluding carboxylic acids is 1. The maximum Gasteiger partial charge on any atom is 0.336 e. The smallest absolute Gasteiger partial charge is 0.336 e. The predicted molar refractivity (Wildman–Crippen MR) is 92.7 cm³/mol. The summed E-state index contributed by atoms with van der Waals surface area (Å²) in [5.41, 5.74) is 11.6. The number of ether oxygens (including phenoxy) is 1. The number of nitrogens with zero attached hydrogens (tertiary/aromatic N) is 1. The van der Waals surface area contributed by atoms with Crippen LogP contribution in [0.4, 0.5) is 0 Å². The SMILES string of the molecule is CCOC(=O)C1=C(C)NC(N)=C(C#N)[C@@H]1c1c(C)cc(C)cc1C. The van der Waals surface area contributed by atoms with Crippen LogP contribution >= 0.6 is 0 Å². The van der Waals surface area contributed by atoms with E-state index in [4.69, 9.17) is 10.5 Å². The van der Waals surface area contributed by atoms with Crippen molar-refractivity contribution in [1.82, 2.24) is 5.32 Å². The van der Waals surface area contributed by atoms with Crippen molar-refractivity contribution in [2.75, 3.05) is 6.61 Å². The summed E-state index contributed by atoms with van der Waals surface area (Å²) in [7, 11) is 0. The van der Waals surface area contributed by atoms with Crippen molar-refractivity contribution < 1.29 is 9.53 Å². The molecule has 1 heterocycles. The number of aryl methyl sites for hydroxylation is 3. The van der Waals surface area contributed by atoms with E-state index in [9.17, 15) is 10.1 Å². The van der Waals surface area contributed by atoms with E-state index < -0.39 is 11.9 Å². The average Bonchev–Trinajstić information content (AvgIpc) is 2.46. The van der Waals surface area contributed by atoms with E-state index in [1.807, 2.05) is 32.9 Å². The summed E-state index contributed by atoms with van der Waals surface area (Å²) in [5, 5.41) is 12.6. The summed E-state index contributed by atoms with van der Waals surface area (Å²) in [5.74, 6) is -0.657. The monoisotopic (exact) mass is 325 g/mol. The summed E-state index contributed by atoms with van der Waals surface area (Å²) >= 11 is 0. The fraction of sp³-hybridized carbons (Fsp3) is 0.368. The Morgan fingerprint density at radius 3 is 2.38 bits per heavy atom. The molecule has 1 aromatic rings. The van der Waals surface area contributed by atoms with Gasteiger partial charge in [0.25, 0.3) is 0 Å². The van der Waals surface area contributed by atoms with Gasteiger partial charge in [0.2, 0.25) is 0 Å². The highest BCUT2D eigenvalue weighted by Gasteiger charge is 2.36. The van der Waals surface area contributed by atoms with Gasteiger partial charge in [0.05, 0.1) is 29.7 Å². The first-order valence-electron chi connectivity index (χ1n) is 7.94. The Bertz CT molecular complexity index is 774. The molecule has 0 saturated carbocycles. The van der Waals surface area contributed by atoms with Crippen LogP contribution in [0.25, 0.3) is 0 Å². The maximum absolute atomic E-state index is 12.6. The Labute approximate surface area is 142 Å². The Hall–Kier alpha value is -2.74. The molecule has 0 aliphatic carbocycles. The molecular formula is C19H23N3O2. The van der Waals surface area contributed by atoms with E-state index in [0.717, 1.165) is 22.3 Å². The first-order chi connectivity index (χ1) is 11.3. The van der Waals surface area contributed by atoms with Gasteiger partial charge in [-0.05, 0) is 51.3 Å². The summed E-state index contributed by atoms with van der Waals surface area (Å²) in [6.45, 7) is 9.81. The molecule has 0 radical (unpaired) electrons. The van der Waals surface area contributed by atoms with Gasteiger partial charge in [-0.2, -0.15) is 5.26 Å². The molecule has 0 amide bonds. The number of allylic oxidation sites excluding steroid dienone is 2. The average molecular weight is 325 g/mol. The summed E-state index contributed by atoms with van der Waals surface area (Å²) in [4.78, 5) is 12.6. The zero-order chi connectivity index (χ0) is 18.0. The number of nitriles is 1. The molecule has 0 fully saturated rings. The number of hydrogen-bond donors (Lipinski definition) is 2. The third kappa shape index (κ3) is 3.00. The first kappa shape index (κ1) is 17.6. The topological polar surface area (TPSA) is 88.1 Å². The highest BCUT2D eigenvalue weighted by atomic mass is 16.5. The van der Waals surface area contributed by atoms with Gasteiger partial charge in [0.15, 0.2) is 0 Å². The van der Waals surface area contributed by atoms with Crippen LogP contribution in [0, 0.1) is 32.1 Å². The van der Waals surface area contributed by atoms with Crippen molar-refractivity contribution in [3.8, 4) is 6.07 Å². The van der Waals surface area contributed by atoms with Gasteiger partial charge in [-0.3, -0.25) is 0 Å². The minimum absolute atomic E-state index is 0.273. The number of esters is 1. The molecule has 0 aromatic heterocycles. The van der Waals surface area contributed by atoms with E-state index in [0.29, 0.717) is 16.8 Å². The Morgan fingerprint density at radius 1 is 1.29 bits per heavy atom. The Balaban J connectivity index is 2.75. The minimum Gasteiger partial charge on any atom is -0.463 e. The molecule has 1 aromatic carbocycles. The summed E-state index contributed by atoms with van der Waals surface area (Å²) < 4.78 is 5.23. The van der Waals surface area contributed by atoms with Crippen LogP contribution in [-0.2, 0) is 9.53 Å². The molecule has 2 rings (SSSR count). The molecule has 5 heteroatoms. The fourth-order valence-corrected chi connectivity index (χ4v) is 3.39. The van der Waals surface area contributed by atoms with Crippen LogP contribution in [-0.4, -0.2) is 12.6 Å². The van der Waals surface area contributed by atoms with Gasteiger partial charge in [0.1, 0.15) is 5.82 Å². The third-order valence-electron chi connectivity index (χ3n) is 4.24. The second-order valence-electron chi connectivity index (χ2n) is 6.07. The van der Waals surface area contributed by atoms with Crippen LogP contribution in [0.15, 0.2) is 34.8 Å². The number of dihydropyridines is 1. The highest BCUT2D eigenvalue weighted by molar-refractivity contribution is 5.93. The largest absolute Gasteiger partial charge is 0.463 e.